The second kappa shape index (κ2) is 8.09. The highest BCUT2D eigenvalue weighted by atomic mass is 32.2. The van der Waals surface area contributed by atoms with Gasteiger partial charge >= 0.3 is 0 Å². The third-order valence-corrected chi connectivity index (χ3v) is 6.44. The molecule has 25 heavy (non-hydrogen) atoms. The highest BCUT2D eigenvalue weighted by molar-refractivity contribution is 7.89. The molecule has 3 N–H and O–H groups in total. The Hall–Kier alpha value is -1.74. The third kappa shape index (κ3) is 4.88. The molecule has 0 aliphatic rings. The number of carbonyl (C=O) groups is 1. The van der Waals surface area contributed by atoms with Gasteiger partial charge in [-0.3, -0.25) is 4.79 Å². The molecule has 0 bridgehead atoms. The quantitative estimate of drug-likeness (QED) is 0.686. The highest BCUT2D eigenvalue weighted by Gasteiger charge is 2.20. The maximum Gasteiger partial charge on any atom is 0.240 e. The van der Waals surface area contributed by atoms with Crippen LogP contribution in [0.25, 0.3) is 0 Å². The summed E-state index contributed by atoms with van der Waals surface area (Å²) in [7, 11) is -3.76. The van der Waals surface area contributed by atoms with Crippen molar-refractivity contribution >= 4 is 33.0 Å². The number of sulfonamides is 1. The first kappa shape index (κ1) is 19.6. The number of thiophene rings is 1. The van der Waals surface area contributed by atoms with E-state index in [0.717, 1.165) is 10.4 Å². The molecular formula is C17H22N2O4S2. The van der Waals surface area contributed by atoms with E-state index in [1.165, 1.54) is 17.4 Å². The lowest BCUT2D eigenvalue weighted by atomic mass is 10.2. The van der Waals surface area contributed by atoms with Gasteiger partial charge in [-0.25, -0.2) is 13.1 Å². The molecule has 1 atom stereocenters. The maximum absolute atomic E-state index is 12.5. The van der Waals surface area contributed by atoms with Crippen LogP contribution in [0.1, 0.15) is 35.5 Å². The number of aliphatic hydroxyl groups excluding tert-OH is 1. The number of nitrogens with one attached hydrogen (secondary N) is 2. The predicted octanol–water partition coefficient (Wildman–Crippen LogP) is 2.73. The van der Waals surface area contributed by atoms with Crippen molar-refractivity contribution in [2.24, 2.45) is 0 Å². The number of anilines is 1. The van der Waals surface area contributed by atoms with Crippen LogP contribution >= 0.6 is 11.3 Å². The number of hydrogen-bond acceptors (Lipinski definition) is 5. The second-order valence-corrected chi connectivity index (χ2v) is 8.40. The van der Waals surface area contributed by atoms with Gasteiger partial charge in [-0.1, -0.05) is 6.92 Å². The van der Waals surface area contributed by atoms with Gasteiger partial charge in [-0.2, -0.15) is 0 Å². The molecule has 6 nitrogen and oxygen atoms in total. The molecule has 0 saturated heterocycles. The van der Waals surface area contributed by atoms with Gasteiger partial charge < -0.3 is 10.4 Å². The van der Waals surface area contributed by atoms with Gasteiger partial charge in [-0.15, -0.1) is 11.3 Å². The lowest BCUT2D eigenvalue weighted by Gasteiger charge is -2.14. The molecule has 0 saturated carbocycles. The molecule has 2 aromatic rings. The smallest absolute Gasteiger partial charge is 0.240 e. The zero-order valence-electron chi connectivity index (χ0n) is 14.4. The highest BCUT2D eigenvalue weighted by Crippen LogP contribution is 2.24. The number of hydrogen-bond donors (Lipinski definition) is 3. The van der Waals surface area contributed by atoms with E-state index in [1.54, 1.807) is 26.0 Å². The lowest BCUT2D eigenvalue weighted by Crippen LogP contribution is -2.29. The fourth-order valence-electron chi connectivity index (χ4n) is 2.36. The normalized spacial score (nSPS) is 12.8. The first-order valence-electron chi connectivity index (χ1n) is 7.86. The van der Waals surface area contributed by atoms with Crippen molar-refractivity contribution in [1.29, 1.82) is 0 Å². The molecule has 1 heterocycles. The van der Waals surface area contributed by atoms with Crippen LogP contribution in [0.5, 0.6) is 0 Å². The topological polar surface area (TPSA) is 95.5 Å². The summed E-state index contributed by atoms with van der Waals surface area (Å²) in [6.07, 6.45) is -0.543. The Morgan fingerprint density at radius 3 is 2.52 bits per heavy atom. The van der Waals surface area contributed by atoms with Crippen LogP contribution in [0.2, 0.25) is 0 Å². The Kier molecular flexibility index (Phi) is 6.34. The molecule has 1 aromatic heterocycles. The minimum Gasteiger partial charge on any atom is -0.386 e. The molecular weight excluding hydrogens is 360 g/mol. The van der Waals surface area contributed by atoms with Crippen LogP contribution in [0.15, 0.2) is 34.5 Å². The molecule has 0 spiro atoms. The maximum atomic E-state index is 12.5. The third-order valence-electron chi connectivity index (χ3n) is 3.74. The molecule has 0 unspecified atom stereocenters. The van der Waals surface area contributed by atoms with Crippen molar-refractivity contribution in [1.82, 2.24) is 4.72 Å². The summed E-state index contributed by atoms with van der Waals surface area (Å²) in [4.78, 5) is 12.3. The van der Waals surface area contributed by atoms with Crippen LogP contribution in [0, 0.1) is 13.8 Å². The average molecular weight is 383 g/mol. The van der Waals surface area contributed by atoms with E-state index in [1.807, 2.05) is 18.4 Å². The van der Waals surface area contributed by atoms with Gasteiger partial charge in [0.15, 0.2) is 0 Å². The average Bonchev–Trinajstić information content (AvgIpc) is 2.98. The van der Waals surface area contributed by atoms with E-state index in [0.29, 0.717) is 17.7 Å². The largest absolute Gasteiger partial charge is 0.386 e. The minimum atomic E-state index is -3.76. The van der Waals surface area contributed by atoms with Crippen LogP contribution in [-0.4, -0.2) is 26.0 Å². The Bertz CT molecular complexity index is 859. The number of aliphatic hydroxyl groups is 1. The van der Waals surface area contributed by atoms with Gasteiger partial charge in [0.25, 0.3) is 0 Å². The van der Waals surface area contributed by atoms with Crippen molar-refractivity contribution in [2.75, 3.05) is 11.9 Å². The van der Waals surface area contributed by atoms with Crippen molar-refractivity contribution in [3.05, 3.63) is 45.6 Å². The predicted molar refractivity (Wildman–Crippen MR) is 99.3 cm³/mol. The standard InChI is InChI=1S/C17H22N2O4S2/c1-4-16(21)19-13-5-6-15(12(3)9-13)25(22,23)18-10-14(20)17-11(2)7-8-24-17/h5-9,14,18,20H,4,10H2,1-3H3,(H,19,21)/t14-/m0/s1. The number of benzene rings is 1. The SMILES string of the molecule is CCC(=O)Nc1ccc(S(=O)(=O)NC[C@H](O)c2sccc2C)c(C)c1. The summed E-state index contributed by atoms with van der Waals surface area (Å²) >= 11 is 1.39. The van der Waals surface area contributed by atoms with Crippen molar-refractivity contribution in [3.8, 4) is 0 Å². The number of amides is 1. The molecule has 0 fully saturated rings. The summed E-state index contributed by atoms with van der Waals surface area (Å²) in [5.74, 6) is -0.137. The fourth-order valence-corrected chi connectivity index (χ4v) is 4.54. The zero-order valence-corrected chi connectivity index (χ0v) is 16.0. The lowest BCUT2D eigenvalue weighted by molar-refractivity contribution is -0.115. The summed E-state index contributed by atoms with van der Waals surface area (Å²) < 4.78 is 27.4. The summed E-state index contributed by atoms with van der Waals surface area (Å²) in [5.41, 5.74) is 2.00. The molecule has 0 radical (unpaired) electrons. The van der Waals surface area contributed by atoms with Crippen LogP contribution in [0.4, 0.5) is 5.69 Å². The van der Waals surface area contributed by atoms with Crippen LogP contribution in [-0.2, 0) is 14.8 Å². The fraction of sp³-hybridized carbons (Fsp3) is 0.353. The number of carbonyl (C=O) groups excluding carboxylic acids is 1. The molecule has 1 amide bonds. The Balaban J connectivity index is 2.11. The first-order valence-corrected chi connectivity index (χ1v) is 10.2. The van der Waals surface area contributed by atoms with E-state index >= 15 is 0 Å². The van der Waals surface area contributed by atoms with Crippen LogP contribution < -0.4 is 10.0 Å². The zero-order chi connectivity index (χ0) is 18.6. The van der Waals surface area contributed by atoms with Gasteiger partial charge in [0, 0.05) is 23.5 Å². The van der Waals surface area contributed by atoms with Crippen molar-refractivity contribution < 1.29 is 18.3 Å². The minimum absolute atomic E-state index is 0.0998. The summed E-state index contributed by atoms with van der Waals surface area (Å²) in [6.45, 7) is 5.18. The first-order chi connectivity index (χ1) is 11.7. The molecule has 0 aliphatic carbocycles. The molecule has 8 heteroatoms. The van der Waals surface area contributed by atoms with Gasteiger partial charge in [-0.05, 0) is 54.6 Å². The number of rotatable bonds is 7. The van der Waals surface area contributed by atoms with E-state index < -0.39 is 16.1 Å². The van der Waals surface area contributed by atoms with Gasteiger partial charge in [0.05, 0.1) is 4.90 Å². The number of aryl methyl sites for hydroxylation is 2. The van der Waals surface area contributed by atoms with Crippen molar-refractivity contribution in [3.63, 3.8) is 0 Å². The van der Waals surface area contributed by atoms with E-state index in [9.17, 15) is 18.3 Å². The van der Waals surface area contributed by atoms with Gasteiger partial charge in [0.2, 0.25) is 15.9 Å². The Labute approximate surface area is 151 Å². The monoisotopic (exact) mass is 382 g/mol. The van der Waals surface area contributed by atoms with E-state index in [2.05, 4.69) is 10.0 Å². The Morgan fingerprint density at radius 1 is 1.24 bits per heavy atom. The summed E-state index contributed by atoms with van der Waals surface area (Å²) in [5, 5.41) is 14.7. The second-order valence-electron chi connectivity index (χ2n) is 5.72. The molecule has 2 rings (SSSR count). The Morgan fingerprint density at radius 2 is 1.96 bits per heavy atom. The van der Waals surface area contributed by atoms with E-state index in [-0.39, 0.29) is 17.3 Å². The van der Waals surface area contributed by atoms with E-state index in [4.69, 9.17) is 0 Å². The van der Waals surface area contributed by atoms with Crippen molar-refractivity contribution in [2.45, 2.75) is 38.2 Å². The molecule has 0 aliphatic heterocycles. The summed E-state index contributed by atoms with van der Waals surface area (Å²) in [6, 6.07) is 6.49. The van der Waals surface area contributed by atoms with Gasteiger partial charge in [0.1, 0.15) is 6.10 Å². The van der Waals surface area contributed by atoms with Crippen LogP contribution in [0.3, 0.4) is 0 Å². The molecule has 1 aromatic carbocycles. The molecule has 136 valence electrons.